The first-order valence-electron chi connectivity index (χ1n) is 4.16. The van der Waals surface area contributed by atoms with Crippen molar-refractivity contribution in [2.24, 2.45) is 0 Å². The minimum Gasteiger partial charge on any atom is -0.271 e. The molecule has 14 heavy (non-hydrogen) atoms. The van der Waals surface area contributed by atoms with Crippen molar-refractivity contribution in [3.05, 3.63) is 18.3 Å². The van der Waals surface area contributed by atoms with Crippen molar-refractivity contribution in [2.75, 3.05) is 13.6 Å². The summed E-state index contributed by atoms with van der Waals surface area (Å²) in [6.07, 6.45) is 1.26. The Bertz CT molecular complexity index is 402. The molecule has 0 aliphatic rings. The highest BCUT2D eigenvalue weighted by Crippen LogP contribution is 2.10. The quantitative estimate of drug-likeness (QED) is 0.633. The van der Waals surface area contributed by atoms with Gasteiger partial charge in [0.1, 0.15) is 12.7 Å². The minimum absolute atomic E-state index is 0.163. The third-order valence-electron chi connectivity index (χ3n) is 1.91. The molecule has 0 fully saturated rings. The number of nitrogens with zero attached hydrogens (tertiary/aromatic N) is 2. The first-order valence-corrected chi connectivity index (χ1v) is 5.60. The van der Waals surface area contributed by atoms with Gasteiger partial charge in [-0.1, -0.05) is 13.0 Å². The predicted octanol–water partition coefficient (Wildman–Crippen LogP) is -0.484. The van der Waals surface area contributed by atoms with Crippen molar-refractivity contribution >= 4 is 23.5 Å². The van der Waals surface area contributed by atoms with E-state index in [1.54, 1.807) is 6.92 Å². The Hall–Kier alpha value is -0.875. The van der Waals surface area contributed by atoms with E-state index in [0.29, 0.717) is 12.1 Å². The summed E-state index contributed by atoms with van der Waals surface area (Å²) in [5.74, 6) is 0. The van der Waals surface area contributed by atoms with Crippen LogP contribution >= 0.6 is 0 Å². The molecule has 0 amide bonds. The van der Waals surface area contributed by atoms with Gasteiger partial charge >= 0.3 is 0 Å². The fourth-order valence-corrected chi connectivity index (χ4v) is 2.02. The Balaban J connectivity index is 3.11. The van der Waals surface area contributed by atoms with Crippen LogP contribution in [0.4, 0.5) is 0 Å². The summed E-state index contributed by atoms with van der Waals surface area (Å²) < 4.78 is 24.7. The van der Waals surface area contributed by atoms with E-state index in [2.05, 4.69) is 4.98 Å². The van der Waals surface area contributed by atoms with Gasteiger partial charge in [0.05, 0.1) is 0 Å². The van der Waals surface area contributed by atoms with Crippen molar-refractivity contribution in [1.82, 2.24) is 9.29 Å². The molecule has 0 aliphatic carbocycles. The molecule has 0 unspecified atom stereocenters. The zero-order chi connectivity index (χ0) is 10.8. The summed E-state index contributed by atoms with van der Waals surface area (Å²) in [5, 5.41) is 0. The molecule has 0 bridgehead atoms. The molecule has 74 valence electrons. The maximum atomic E-state index is 11.7. The van der Waals surface area contributed by atoms with E-state index in [9.17, 15) is 8.42 Å². The van der Waals surface area contributed by atoms with E-state index in [1.165, 1.54) is 29.7 Å². The average molecular weight is 210 g/mol. The van der Waals surface area contributed by atoms with Crippen molar-refractivity contribution in [1.29, 1.82) is 0 Å². The van der Waals surface area contributed by atoms with Crippen LogP contribution in [0.1, 0.15) is 6.92 Å². The lowest BCUT2D eigenvalue weighted by Gasteiger charge is -2.14. The van der Waals surface area contributed by atoms with Gasteiger partial charge < -0.3 is 0 Å². The zero-order valence-corrected chi connectivity index (χ0v) is 8.95. The van der Waals surface area contributed by atoms with Gasteiger partial charge in [-0.3, -0.25) is 4.98 Å². The van der Waals surface area contributed by atoms with Crippen LogP contribution in [0.3, 0.4) is 0 Å². The van der Waals surface area contributed by atoms with Crippen molar-refractivity contribution in [3.8, 4) is 0 Å². The van der Waals surface area contributed by atoms with Crippen molar-refractivity contribution < 1.29 is 8.42 Å². The van der Waals surface area contributed by atoms with Crippen LogP contribution in [0.15, 0.2) is 23.2 Å². The fraction of sp³-hybridized carbons (Fsp3) is 0.375. The highest BCUT2D eigenvalue weighted by molar-refractivity contribution is 7.89. The maximum absolute atomic E-state index is 11.7. The Kier molecular flexibility index (Phi) is 3.28. The van der Waals surface area contributed by atoms with E-state index in [4.69, 9.17) is 7.85 Å². The third kappa shape index (κ3) is 2.13. The van der Waals surface area contributed by atoms with Crippen LogP contribution in [0.25, 0.3) is 0 Å². The Morgan fingerprint density at radius 3 is 2.57 bits per heavy atom. The van der Waals surface area contributed by atoms with Gasteiger partial charge in [-0.05, 0) is 11.7 Å². The Morgan fingerprint density at radius 2 is 2.14 bits per heavy atom. The maximum Gasteiger partial charge on any atom is 0.244 e. The fourth-order valence-electron chi connectivity index (χ4n) is 0.894. The SMILES string of the molecule is [B]c1ccc(S(=O)(=O)N(C)CC)cn1. The molecule has 4 nitrogen and oxygen atoms in total. The smallest absolute Gasteiger partial charge is 0.244 e. The standard InChI is InChI=1S/C8H11BN2O2S/c1-3-11(2)14(12,13)7-4-5-8(9)10-6-7/h4-6H,3H2,1-2H3. The van der Waals surface area contributed by atoms with Crippen LogP contribution in [-0.2, 0) is 10.0 Å². The number of hydrogen-bond donors (Lipinski definition) is 0. The van der Waals surface area contributed by atoms with E-state index in [-0.39, 0.29) is 4.90 Å². The first-order chi connectivity index (χ1) is 6.48. The van der Waals surface area contributed by atoms with Crippen LogP contribution in [0, 0.1) is 0 Å². The number of sulfonamides is 1. The molecule has 0 saturated carbocycles. The molecule has 1 rings (SSSR count). The topological polar surface area (TPSA) is 50.3 Å². The monoisotopic (exact) mass is 210 g/mol. The lowest BCUT2D eigenvalue weighted by Crippen LogP contribution is -2.27. The third-order valence-corrected chi connectivity index (χ3v) is 3.83. The van der Waals surface area contributed by atoms with Gasteiger partial charge in [0.25, 0.3) is 0 Å². The lowest BCUT2D eigenvalue weighted by atomic mass is 10.1. The molecule has 1 aromatic rings. The molecule has 0 saturated heterocycles. The van der Waals surface area contributed by atoms with Gasteiger partial charge in [-0.15, -0.1) is 0 Å². The van der Waals surface area contributed by atoms with E-state index < -0.39 is 10.0 Å². The Labute approximate surface area is 85.4 Å². The highest BCUT2D eigenvalue weighted by atomic mass is 32.2. The number of rotatable bonds is 3. The second-order valence-corrected chi connectivity index (χ2v) is 4.88. The summed E-state index contributed by atoms with van der Waals surface area (Å²) in [7, 11) is 3.49. The molecule has 0 spiro atoms. The number of pyridine rings is 1. The van der Waals surface area contributed by atoms with E-state index in [0.717, 1.165) is 0 Å². The van der Waals surface area contributed by atoms with Gasteiger partial charge in [0, 0.05) is 19.8 Å². The van der Waals surface area contributed by atoms with E-state index >= 15 is 0 Å². The molecule has 2 radical (unpaired) electrons. The summed E-state index contributed by atoms with van der Waals surface area (Å²) in [4.78, 5) is 3.90. The predicted molar refractivity (Wildman–Crippen MR) is 55.1 cm³/mol. The van der Waals surface area contributed by atoms with Gasteiger partial charge in [0.2, 0.25) is 10.0 Å². The number of aromatic nitrogens is 1. The van der Waals surface area contributed by atoms with Gasteiger partial charge in [-0.2, -0.15) is 0 Å². The summed E-state index contributed by atoms with van der Waals surface area (Å²) in [6, 6.07) is 2.92. The molecule has 0 atom stereocenters. The van der Waals surface area contributed by atoms with Crippen LogP contribution in [-0.4, -0.2) is 39.1 Å². The molecular weight excluding hydrogens is 199 g/mol. The molecule has 1 heterocycles. The summed E-state index contributed by atoms with van der Waals surface area (Å²) in [5.41, 5.74) is 0.308. The molecule has 6 heteroatoms. The van der Waals surface area contributed by atoms with Gasteiger partial charge in [-0.25, -0.2) is 12.7 Å². The zero-order valence-electron chi connectivity index (χ0n) is 8.14. The lowest BCUT2D eigenvalue weighted by molar-refractivity contribution is 0.486. The molecular formula is C8H11BN2O2S. The first kappa shape index (κ1) is 11.2. The van der Waals surface area contributed by atoms with Crippen molar-refractivity contribution in [2.45, 2.75) is 11.8 Å². The van der Waals surface area contributed by atoms with Crippen LogP contribution in [0.2, 0.25) is 0 Å². The largest absolute Gasteiger partial charge is 0.271 e. The van der Waals surface area contributed by atoms with E-state index in [1.807, 2.05) is 0 Å². The average Bonchev–Trinajstić information content (AvgIpc) is 2.17. The molecule has 1 aromatic heterocycles. The second-order valence-electron chi connectivity index (χ2n) is 2.84. The molecule has 0 aromatic carbocycles. The highest BCUT2D eigenvalue weighted by Gasteiger charge is 2.18. The normalized spacial score (nSPS) is 11.9. The number of hydrogen-bond acceptors (Lipinski definition) is 3. The van der Waals surface area contributed by atoms with Crippen molar-refractivity contribution in [3.63, 3.8) is 0 Å². The summed E-state index contributed by atoms with van der Waals surface area (Å²) in [6.45, 7) is 2.19. The summed E-state index contributed by atoms with van der Waals surface area (Å²) >= 11 is 0. The molecule has 0 aliphatic heterocycles. The van der Waals surface area contributed by atoms with Crippen LogP contribution < -0.4 is 5.59 Å². The second kappa shape index (κ2) is 4.10. The van der Waals surface area contributed by atoms with Gasteiger partial charge in [0.15, 0.2) is 0 Å². The minimum atomic E-state index is -3.39. The van der Waals surface area contributed by atoms with Crippen LogP contribution in [0.5, 0.6) is 0 Å². The molecule has 0 N–H and O–H groups in total. The Morgan fingerprint density at radius 1 is 1.50 bits per heavy atom.